The number of nitrogens with zero attached hydrogens (tertiary/aromatic N) is 1. The second-order valence-corrected chi connectivity index (χ2v) is 7.75. The van der Waals surface area contributed by atoms with Crippen LogP contribution in [0.2, 0.25) is 0 Å². The van der Waals surface area contributed by atoms with Gasteiger partial charge in [0, 0.05) is 13.1 Å². The van der Waals surface area contributed by atoms with E-state index >= 15 is 0 Å². The molecule has 0 aromatic carbocycles. The number of aliphatic hydroxyl groups is 1. The lowest BCUT2D eigenvalue weighted by Crippen LogP contribution is -2.47. The van der Waals surface area contributed by atoms with Gasteiger partial charge in [0.05, 0.1) is 23.7 Å². The van der Waals surface area contributed by atoms with Gasteiger partial charge >= 0.3 is 0 Å². The number of rotatable bonds is 6. The summed E-state index contributed by atoms with van der Waals surface area (Å²) in [5.74, 6) is 0.284. The van der Waals surface area contributed by atoms with Crippen molar-refractivity contribution in [3.8, 4) is 0 Å². The minimum atomic E-state index is -2.95. The topological polar surface area (TPSA) is 78.9 Å². The maximum Gasteiger partial charge on any atom is 0.257 e. The summed E-state index contributed by atoms with van der Waals surface area (Å²) >= 11 is 5.06. The first-order valence-corrected chi connectivity index (χ1v) is 8.44. The van der Waals surface area contributed by atoms with Gasteiger partial charge in [0.2, 0.25) is 0 Å². The summed E-state index contributed by atoms with van der Waals surface area (Å²) in [4.78, 5) is 1.92. The molecule has 2 N–H and O–H groups in total. The van der Waals surface area contributed by atoms with Gasteiger partial charge in [-0.1, -0.05) is 0 Å². The zero-order valence-electron chi connectivity index (χ0n) is 11.4. The van der Waals surface area contributed by atoms with Crippen LogP contribution in [-0.4, -0.2) is 74.0 Å². The highest BCUT2D eigenvalue weighted by molar-refractivity contribution is 7.91. The lowest BCUT2D eigenvalue weighted by Gasteiger charge is -2.25. The van der Waals surface area contributed by atoms with Crippen molar-refractivity contribution in [1.29, 1.82) is 0 Å². The predicted octanol–water partition coefficient (Wildman–Crippen LogP) is -0.621. The highest BCUT2D eigenvalue weighted by Crippen LogP contribution is 2.22. The molecule has 0 bridgehead atoms. The fourth-order valence-electron chi connectivity index (χ4n) is 1.97. The Morgan fingerprint density at radius 3 is 2.74 bits per heavy atom. The average Bonchev–Trinajstić information content (AvgIpc) is 2.52. The van der Waals surface area contributed by atoms with E-state index in [4.69, 9.17) is 22.1 Å². The fraction of sp³-hybridized carbons (Fsp3) is 0.909. The Hall–Kier alpha value is -0.440. The molecular weight excluding hydrogens is 288 g/mol. The van der Waals surface area contributed by atoms with Gasteiger partial charge in [-0.05, 0) is 32.6 Å². The number of ether oxygens (including phenoxy) is 1. The number of sulfone groups is 1. The van der Waals surface area contributed by atoms with Gasteiger partial charge in [-0.3, -0.25) is 0 Å². The van der Waals surface area contributed by atoms with E-state index in [-0.39, 0.29) is 23.3 Å². The summed E-state index contributed by atoms with van der Waals surface area (Å²) in [7, 11) is -1.08. The van der Waals surface area contributed by atoms with Gasteiger partial charge in [-0.25, -0.2) is 8.42 Å². The maximum absolute atomic E-state index is 11.4. The number of thiocarbonyl (C=S) groups is 1. The third-order valence-corrected chi connectivity index (χ3v) is 5.22. The molecule has 112 valence electrons. The molecular formula is C11H22N2O4S2. The van der Waals surface area contributed by atoms with Crippen LogP contribution in [0.5, 0.6) is 0 Å². The summed E-state index contributed by atoms with van der Waals surface area (Å²) in [6.45, 7) is 3.59. The van der Waals surface area contributed by atoms with Crippen molar-refractivity contribution in [2.45, 2.75) is 18.9 Å². The van der Waals surface area contributed by atoms with Gasteiger partial charge in [-0.15, -0.1) is 0 Å². The molecule has 1 saturated heterocycles. The van der Waals surface area contributed by atoms with Crippen molar-refractivity contribution < 1.29 is 18.3 Å². The first-order valence-electron chi connectivity index (χ1n) is 6.21. The summed E-state index contributed by atoms with van der Waals surface area (Å²) in [6.07, 6.45) is 0.545. The van der Waals surface area contributed by atoms with Crippen molar-refractivity contribution in [2.24, 2.45) is 0 Å². The Morgan fingerprint density at radius 1 is 1.53 bits per heavy atom. The van der Waals surface area contributed by atoms with Crippen LogP contribution in [0.15, 0.2) is 0 Å². The quantitative estimate of drug-likeness (QED) is 0.633. The SMILES string of the molecule is CN(CCO)CCOC(=S)N[C@]1(C)CCS(=O)(=O)C1. The van der Waals surface area contributed by atoms with E-state index in [0.29, 0.717) is 26.1 Å². The molecule has 6 nitrogen and oxygen atoms in total. The molecule has 0 amide bonds. The number of hydrogen-bond acceptors (Lipinski definition) is 6. The van der Waals surface area contributed by atoms with Crippen LogP contribution in [0, 0.1) is 0 Å². The Labute approximate surface area is 120 Å². The standard InChI is InChI=1S/C11H22N2O4S2/c1-11(3-8-19(15,16)9-11)12-10(18)17-7-5-13(2)4-6-14/h14H,3-9H2,1-2H3,(H,12,18)/t11-/m1/s1. The third-order valence-electron chi connectivity index (χ3n) is 3.10. The summed E-state index contributed by atoms with van der Waals surface area (Å²) < 4.78 is 28.3. The van der Waals surface area contributed by atoms with E-state index in [2.05, 4.69) is 5.32 Å². The number of nitrogens with one attached hydrogen (secondary N) is 1. The highest BCUT2D eigenvalue weighted by atomic mass is 32.2. The van der Waals surface area contributed by atoms with E-state index in [1.807, 2.05) is 18.9 Å². The van der Waals surface area contributed by atoms with Crippen molar-refractivity contribution >= 4 is 27.2 Å². The third kappa shape index (κ3) is 6.03. The van der Waals surface area contributed by atoms with E-state index < -0.39 is 15.4 Å². The Balaban J connectivity index is 2.28. The van der Waals surface area contributed by atoms with Crippen molar-refractivity contribution in [3.05, 3.63) is 0 Å². The average molecular weight is 310 g/mol. The largest absolute Gasteiger partial charge is 0.470 e. The number of aliphatic hydroxyl groups excluding tert-OH is 1. The van der Waals surface area contributed by atoms with Gasteiger partial charge in [0.25, 0.3) is 5.17 Å². The Bertz CT molecular complexity index is 413. The Morgan fingerprint density at radius 2 is 2.21 bits per heavy atom. The lowest BCUT2D eigenvalue weighted by molar-refractivity contribution is 0.185. The zero-order chi connectivity index (χ0) is 14.5. The number of likely N-dealkylation sites (N-methyl/N-ethyl adjacent to an activating group) is 1. The van der Waals surface area contributed by atoms with E-state index in [1.54, 1.807) is 0 Å². The van der Waals surface area contributed by atoms with E-state index in [0.717, 1.165) is 0 Å². The number of hydrogen-bond donors (Lipinski definition) is 2. The smallest absolute Gasteiger partial charge is 0.257 e. The highest BCUT2D eigenvalue weighted by Gasteiger charge is 2.39. The molecule has 1 rings (SSSR count). The van der Waals surface area contributed by atoms with E-state index in [1.165, 1.54) is 0 Å². The lowest BCUT2D eigenvalue weighted by atomic mass is 10.0. The normalized spacial score (nSPS) is 25.5. The van der Waals surface area contributed by atoms with Crippen LogP contribution in [0.25, 0.3) is 0 Å². The van der Waals surface area contributed by atoms with E-state index in [9.17, 15) is 8.42 Å². The molecule has 19 heavy (non-hydrogen) atoms. The van der Waals surface area contributed by atoms with Crippen LogP contribution in [-0.2, 0) is 14.6 Å². The molecule has 0 saturated carbocycles. The molecule has 0 aromatic rings. The van der Waals surface area contributed by atoms with Gasteiger partial charge in [-0.2, -0.15) is 0 Å². The van der Waals surface area contributed by atoms with Crippen molar-refractivity contribution in [1.82, 2.24) is 10.2 Å². The fourth-order valence-corrected chi connectivity index (χ4v) is 4.39. The maximum atomic E-state index is 11.4. The molecule has 1 aliphatic heterocycles. The van der Waals surface area contributed by atoms with Crippen LogP contribution in [0.4, 0.5) is 0 Å². The summed E-state index contributed by atoms with van der Waals surface area (Å²) in [5.41, 5.74) is -0.521. The second kappa shape index (κ2) is 6.83. The minimum Gasteiger partial charge on any atom is -0.470 e. The molecule has 8 heteroatoms. The molecule has 0 spiro atoms. The molecule has 1 aliphatic rings. The second-order valence-electron chi connectivity index (χ2n) is 5.19. The molecule has 0 unspecified atom stereocenters. The molecule has 0 radical (unpaired) electrons. The minimum absolute atomic E-state index is 0.0912. The van der Waals surface area contributed by atoms with Crippen LogP contribution >= 0.6 is 12.2 Å². The van der Waals surface area contributed by atoms with Gasteiger partial charge in [0.15, 0.2) is 9.84 Å². The molecule has 0 aromatic heterocycles. The summed E-state index contributed by atoms with van der Waals surface area (Å²) in [6, 6.07) is 0. The molecule has 1 fully saturated rings. The van der Waals surface area contributed by atoms with Gasteiger partial charge in [0.1, 0.15) is 6.61 Å². The predicted molar refractivity (Wildman–Crippen MR) is 77.9 cm³/mol. The van der Waals surface area contributed by atoms with Crippen molar-refractivity contribution in [2.75, 3.05) is 44.9 Å². The molecule has 1 heterocycles. The zero-order valence-corrected chi connectivity index (χ0v) is 13.0. The van der Waals surface area contributed by atoms with Crippen molar-refractivity contribution in [3.63, 3.8) is 0 Å². The monoisotopic (exact) mass is 310 g/mol. The first-order chi connectivity index (χ1) is 8.76. The summed E-state index contributed by atoms with van der Waals surface area (Å²) in [5, 5.41) is 12.0. The molecule has 1 atom stereocenters. The van der Waals surface area contributed by atoms with Crippen LogP contribution in [0.3, 0.4) is 0 Å². The first kappa shape index (κ1) is 16.6. The van der Waals surface area contributed by atoms with Crippen LogP contribution in [0.1, 0.15) is 13.3 Å². The van der Waals surface area contributed by atoms with Gasteiger partial charge < -0.3 is 20.1 Å². The Kier molecular flexibility index (Phi) is 5.97. The van der Waals surface area contributed by atoms with Crippen LogP contribution < -0.4 is 5.32 Å². The molecule has 0 aliphatic carbocycles.